The monoisotopic (exact) mass is 184 g/mol. The first-order valence-electron chi connectivity index (χ1n) is 4.06. The third-order valence-electron chi connectivity index (χ3n) is 1.90. The number of hydrogen-bond donors (Lipinski definition) is 0. The van der Waals surface area contributed by atoms with E-state index in [0.717, 1.165) is 11.4 Å². The minimum Gasteiger partial charge on any atom is -0.377 e. The van der Waals surface area contributed by atoms with E-state index >= 15 is 0 Å². The van der Waals surface area contributed by atoms with Gasteiger partial charge in [0.2, 0.25) is 0 Å². The molecule has 0 heterocycles. The van der Waals surface area contributed by atoms with E-state index in [4.69, 9.17) is 16.3 Å². The molecule has 1 atom stereocenters. The van der Waals surface area contributed by atoms with Crippen molar-refractivity contribution in [3.05, 3.63) is 34.9 Å². The Hall–Kier alpha value is -0.530. The molecule has 1 aromatic carbocycles. The summed E-state index contributed by atoms with van der Waals surface area (Å²) >= 11 is 5.76. The topological polar surface area (TPSA) is 9.23 Å². The average molecular weight is 185 g/mol. The molecular weight excluding hydrogens is 172 g/mol. The first kappa shape index (κ1) is 9.56. The van der Waals surface area contributed by atoms with Crippen molar-refractivity contribution in [1.29, 1.82) is 0 Å². The third-order valence-corrected chi connectivity index (χ3v) is 2.15. The summed E-state index contributed by atoms with van der Waals surface area (Å²) < 4.78 is 5.28. The second-order valence-electron chi connectivity index (χ2n) is 2.68. The second-order valence-corrected chi connectivity index (χ2v) is 3.12. The number of hydrogen-bond acceptors (Lipinski definition) is 1. The minimum absolute atomic E-state index is 0.197. The standard InChI is InChI=1S/C10H13ClO/c1-3-10(12-2)8-4-6-9(11)7-5-8/h4-7,10H,3H2,1-2H3/t10-/m1/s1. The van der Waals surface area contributed by atoms with Crippen LogP contribution in [0.25, 0.3) is 0 Å². The Morgan fingerprint density at radius 1 is 1.33 bits per heavy atom. The summed E-state index contributed by atoms with van der Waals surface area (Å²) in [6, 6.07) is 7.77. The van der Waals surface area contributed by atoms with Crippen LogP contribution in [0.2, 0.25) is 5.02 Å². The highest BCUT2D eigenvalue weighted by Crippen LogP contribution is 2.21. The van der Waals surface area contributed by atoms with E-state index in [1.54, 1.807) is 7.11 Å². The lowest BCUT2D eigenvalue weighted by Crippen LogP contribution is -1.98. The van der Waals surface area contributed by atoms with E-state index in [1.807, 2.05) is 24.3 Å². The molecule has 0 aromatic heterocycles. The summed E-state index contributed by atoms with van der Waals surface area (Å²) in [5, 5.41) is 0.768. The summed E-state index contributed by atoms with van der Waals surface area (Å²) in [6.45, 7) is 2.10. The van der Waals surface area contributed by atoms with E-state index in [2.05, 4.69) is 6.92 Å². The molecule has 66 valence electrons. The zero-order chi connectivity index (χ0) is 8.97. The van der Waals surface area contributed by atoms with E-state index in [1.165, 1.54) is 5.56 Å². The fraction of sp³-hybridized carbons (Fsp3) is 0.400. The van der Waals surface area contributed by atoms with Gasteiger partial charge in [0.1, 0.15) is 0 Å². The van der Waals surface area contributed by atoms with E-state index < -0.39 is 0 Å². The number of rotatable bonds is 3. The Kier molecular flexibility index (Phi) is 3.57. The Balaban J connectivity index is 2.80. The van der Waals surface area contributed by atoms with Crippen molar-refractivity contribution in [3.63, 3.8) is 0 Å². The zero-order valence-electron chi connectivity index (χ0n) is 7.38. The zero-order valence-corrected chi connectivity index (χ0v) is 8.14. The van der Waals surface area contributed by atoms with Crippen molar-refractivity contribution in [1.82, 2.24) is 0 Å². The van der Waals surface area contributed by atoms with E-state index in [0.29, 0.717) is 0 Å². The van der Waals surface area contributed by atoms with Crippen LogP contribution in [0.5, 0.6) is 0 Å². The van der Waals surface area contributed by atoms with Gasteiger partial charge in [0.15, 0.2) is 0 Å². The highest BCUT2D eigenvalue weighted by atomic mass is 35.5. The van der Waals surface area contributed by atoms with E-state index in [-0.39, 0.29) is 6.10 Å². The molecule has 0 aliphatic heterocycles. The summed E-state index contributed by atoms with van der Waals surface area (Å²) in [5.41, 5.74) is 1.18. The molecule has 0 saturated heterocycles. The van der Waals surface area contributed by atoms with Crippen molar-refractivity contribution >= 4 is 11.6 Å². The highest BCUT2D eigenvalue weighted by Gasteiger charge is 2.06. The normalized spacial score (nSPS) is 12.9. The Morgan fingerprint density at radius 3 is 2.33 bits per heavy atom. The highest BCUT2D eigenvalue weighted by molar-refractivity contribution is 6.30. The molecule has 0 radical (unpaired) electrons. The fourth-order valence-electron chi connectivity index (χ4n) is 1.22. The SMILES string of the molecule is CC[C@@H](OC)c1ccc(Cl)cc1. The molecule has 0 aliphatic rings. The summed E-state index contributed by atoms with van der Waals surface area (Å²) in [7, 11) is 1.72. The van der Waals surface area contributed by atoms with Gasteiger partial charge in [-0.25, -0.2) is 0 Å². The summed E-state index contributed by atoms with van der Waals surface area (Å²) in [4.78, 5) is 0. The van der Waals surface area contributed by atoms with Gasteiger partial charge in [0.25, 0.3) is 0 Å². The maximum Gasteiger partial charge on any atom is 0.0818 e. The quantitative estimate of drug-likeness (QED) is 0.700. The van der Waals surface area contributed by atoms with Gasteiger partial charge in [0.05, 0.1) is 6.10 Å². The molecule has 0 fully saturated rings. The summed E-state index contributed by atoms with van der Waals surface area (Å²) in [5.74, 6) is 0. The lowest BCUT2D eigenvalue weighted by Gasteiger charge is -2.12. The molecule has 0 unspecified atom stereocenters. The lowest BCUT2D eigenvalue weighted by atomic mass is 10.1. The second kappa shape index (κ2) is 4.48. The number of benzene rings is 1. The van der Waals surface area contributed by atoms with Gasteiger partial charge >= 0.3 is 0 Å². The van der Waals surface area contributed by atoms with Crippen LogP contribution in [0.15, 0.2) is 24.3 Å². The molecule has 0 amide bonds. The van der Waals surface area contributed by atoms with Crippen molar-refractivity contribution in [2.45, 2.75) is 19.4 Å². The van der Waals surface area contributed by atoms with Crippen LogP contribution in [-0.2, 0) is 4.74 Å². The Bertz CT molecular complexity index is 226. The average Bonchev–Trinajstić information content (AvgIpc) is 2.10. The molecule has 0 N–H and O–H groups in total. The molecule has 0 saturated carbocycles. The summed E-state index contributed by atoms with van der Waals surface area (Å²) in [6.07, 6.45) is 1.18. The fourth-order valence-corrected chi connectivity index (χ4v) is 1.34. The predicted molar refractivity (Wildman–Crippen MR) is 51.5 cm³/mol. The van der Waals surface area contributed by atoms with Crippen LogP contribution < -0.4 is 0 Å². The van der Waals surface area contributed by atoms with Gasteiger partial charge in [-0.1, -0.05) is 30.7 Å². The van der Waals surface area contributed by atoms with Crippen LogP contribution in [0.1, 0.15) is 25.0 Å². The molecule has 0 aliphatic carbocycles. The maximum absolute atomic E-state index is 5.76. The Labute approximate surface area is 78.3 Å². The van der Waals surface area contributed by atoms with Crippen molar-refractivity contribution in [3.8, 4) is 0 Å². The van der Waals surface area contributed by atoms with Gasteiger partial charge in [-0.2, -0.15) is 0 Å². The van der Waals surface area contributed by atoms with Crippen molar-refractivity contribution in [2.75, 3.05) is 7.11 Å². The van der Waals surface area contributed by atoms with Crippen LogP contribution >= 0.6 is 11.6 Å². The molecular formula is C10H13ClO. The lowest BCUT2D eigenvalue weighted by molar-refractivity contribution is 0.100. The van der Waals surface area contributed by atoms with Crippen LogP contribution in [0, 0.1) is 0 Å². The predicted octanol–water partition coefficient (Wildman–Crippen LogP) is 3.44. The first-order chi connectivity index (χ1) is 5.77. The van der Waals surface area contributed by atoms with Gasteiger partial charge in [-0.05, 0) is 24.1 Å². The van der Waals surface area contributed by atoms with Gasteiger partial charge < -0.3 is 4.74 Å². The van der Waals surface area contributed by atoms with Crippen molar-refractivity contribution < 1.29 is 4.74 Å². The van der Waals surface area contributed by atoms with Gasteiger partial charge in [0, 0.05) is 12.1 Å². The van der Waals surface area contributed by atoms with E-state index in [9.17, 15) is 0 Å². The molecule has 0 spiro atoms. The molecule has 1 nitrogen and oxygen atoms in total. The molecule has 1 aromatic rings. The third kappa shape index (κ3) is 2.23. The molecule has 2 heteroatoms. The Morgan fingerprint density at radius 2 is 1.92 bits per heavy atom. The van der Waals surface area contributed by atoms with Crippen LogP contribution in [0.3, 0.4) is 0 Å². The number of ether oxygens (including phenoxy) is 1. The smallest absolute Gasteiger partial charge is 0.0818 e. The molecule has 12 heavy (non-hydrogen) atoms. The van der Waals surface area contributed by atoms with Crippen LogP contribution in [-0.4, -0.2) is 7.11 Å². The molecule has 0 bridgehead atoms. The van der Waals surface area contributed by atoms with Crippen LogP contribution in [0.4, 0.5) is 0 Å². The van der Waals surface area contributed by atoms with Crippen molar-refractivity contribution in [2.24, 2.45) is 0 Å². The van der Waals surface area contributed by atoms with Gasteiger partial charge in [-0.15, -0.1) is 0 Å². The number of methoxy groups -OCH3 is 1. The largest absolute Gasteiger partial charge is 0.377 e. The molecule has 1 rings (SSSR count). The minimum atomic E-state index is 0.197. The number of halogens is 1. The van der Waals surface area contributed by atoms with Gasteiger partial charge in [-0.3, -0.25) is 0 Å². The first-order valence-corrected chi connectivity index (χ1v) is 4.44. The maximum atomic E-state index is 5.76.